The van der Waals surface area contributed by atoms with Gasteiger partial charge in [-0.15, -0.1) is 0 Å². The maximum Gasteiger partial charge on any atom is 0.223 e. The van der Waals surface area contributed by atoms with Crippen molar-refractivity contribution in [2.75, 3.05) is 42.2 Å². The van der Waals surface area contributed by atoms with E-state index in [0.717, 1.165) is 37.9 Å². The van der Waals surface area contributed by atoms with Crippen molar-refractivity contribution in [3.63, 3.8) is 0 Å². The Morgan fingerprint density at radius 2 is 2.41 bits per heavy atom. The third-order valence-electron chi connectivity index (χ3n) is 2.65. The molecule has 0 spiro atoms. The van der Waals surface area contributed by atoms with Crippen molar-refractivity contribution in [3.8, 4) is 0 Å². The lowest BCUT2D eigenvalue weighted by molar-refractivity contribution is 0.0529. The molecule has 3 N–H and O–H groups in total. The normalized spacial score (nSPS) is 20.4. The van der Waals surface area contributed by atoms with Gasteiger partial charge in [0.15, 0.2) is 0 Å². The van der Waals surface area contributed by atoms with Gasteiger partial charge in [0.1, 0.15) is 11.6 Å². The number of morpholine rings is 1. The standard InChI is InChI=1S/C11H19N5O/c1-3-13-9-6-10(15-11(12)14-9)16-4-5-17-8(2)7-16/h6,8H,3-5,7H2,1-2H3,(H3,12,13,14,15). The van der Waals surface area contributed by atoms with Gasteiger partial charge >= 0.3 is 0 Å². The van der Waals surface area contributed by atoms with Gasteiger partial charge in [-0.1, -0.05) is 0 Å². The molecule has 0 bridgehead atoms. The monoisotopic (exact) mass is 237 g/mol. The zero-order valence-corrected chi connectivity index (χ0v) is 10.3. The summed E-state index contributed by atoms with van der Waals surface area (Å²) in [6, 6.07) is 1.93. The van der Waals surface area contributed by atoms with Crippen LogP contribution >= 0.6 is 0 Å². The molecule has 2 heterocycles. The number of nitrogens with one attached hydrogen (secondary N) is 1. The van der Waals surface area contributed by atoms with Crippen LogP contribution in [0.15, 0.2) is 6.07 Å². The molecule has 0 aromatic carbocycles. The Kier molecular flexibility index (Phi) is 3.63. The number of nitrogen functional groups attached to an aromatic ring is 1. The number of nitrogens with zero attached hydrogens (tertiary/aromatic N) is 3. The molecule has 94 valence electrons. The van der Waals surface area contributed by atoms with Crippen molar-refractivity contribution in [2.24, 2.45) is 0 Å². The molecular formula is C11H19N5O. The minimum atomic E-state index is 0.225. The number of hydrogen-bond donors (Lipinski definition) is 2. The van der Waals surface area contributed by atoms with Crippen LogP contribution < -0.4 is 16.0 Å². The number of anilines is 3. The summed E-state index contributed by atoms with van der Waals surface area (Å²) in [5, 5.41) is 3.15. The maximum atomic E-state index is 5.71. The molecule has 1 unspecified atom stereocenters. The van der Waals surface area contributed by atoms with Crippen molar-refractivity contribution in [1.82, 2.24) is 9.97 Å². The number of nitrogens with two attached hydrogens (primary N) is 1. The molecule has 0 aliphatic carbocycles. The summed E-state index contributed by atoms with van der Waals surface area (Å²) in [7, 11) is 0. The number of hydrogen-bond acceptors (Lipinski definition) is 6. The number of ether oxygens (including phenoxy) is 1. The first-order valence-corrected chi connectivity index (χ1v) is 5.94. The van der Waals surface area contributed by atoms with Crippen LogP contribution in [0, 0.1) is 0 Å². The predicted molar refractivity (Wildman–Crippen MR) is 68.2 cm³/mol. The van der Waals surface area contributed by atoms with E-state index in [2.05, 4.69) is 27.1 Å². The van der Waals surface area contributed by atoms with Crippen LogP contribution in [0.3, 0.4) is 0 Å². The second-order valence-electron chi connectivity index (χ2n) is 4.13. The van der Waals surface area contributed by atoms with E-state index >= 15 is 0 Å². The lowest BCUT2D eigenvalue weighted by Crippen LogP contribution is -2.41. The van der Waals surface area contributed by atoms with Crippen molar-refractivity contribution < 1.29 is 4.74 Å². The summed E-state index contributed by atoms with van der Waals surface area (Å²) in [5.74, 6) is 1.94. The van der Waals surface area contributed by atoms with E-state index in [1.165, 1.54) is 0 Å². The van der Waals surface area contributed by atoms with Gasteiger partial charge in [-0.25, -0.2) is 0 Å². The fourth-order valence-electron chi connectivity index (χ4n) is 1.91. The maximum absolute atomic E-state index is 5.71. The highest BCUT2D eigenvalue weighted by Gasteiger charge is 2.18. The fraction of sp³-hybridized carbons (Fsp3) is 0.636. The Morgan fingerprint density at radius 1 is 1.59 bits per heavy atom. The van der Waals surface area contributed by atoms with Gasteiger partial charge in [0.05, 0.1) is 12.7 Å². The first-order chi connectivity index (χ1) is 8.19. The van der Waals surface area contributed by atoms with Gasteiger partial charge in [0.25, 0.3) is 0 Å². The first-order valence-electron chi connectivity index (χ1n) is 5.94. The molecule has 1 aromatic heterocycles. The predicted octanol–water partition coefficient (Wildman–Crippen LogP) is 0.716. The Bertz CT molecular complexity index is 384. The molecule has 17 heavy (non-hydrogen) atoms. The average molecular weight is 237 g/mol. The van der Waals surface area contributed by atoms with E-state index in [1.54, 1.807) is 0 Å². The van der Waals surface area contributed by atoms with Crippen LogP contribution in [0.1, 0.15) is 13.8 Å². The van der Waals surface area contributed by atoms with Crippen molar-refractivity contribution in [1.29, 1.82) is 0 Å². The molecule has 2 rings (SSSR count). The Morgan fingerprint density at radius 3 is 3.12 bits per heavy atom. The van der Waals surface area contributed by atoms with Crippen LogP contribution in [0.25, 0.3) is 0 Å². The highest BCUT2D eigenvalue weighted by Crippen LogP contribution is 2.19. The summed E-state index contributed by atoms with van der Waals surface area (Å²) < 4.78 is 5.51. The zero-order valence-electron chi connectivity index (χ0n) is 10.3. The van der Waals surface area contributed by atoms with Crippen LogP contribution in [0.5, 0.6) is 0 Å². The van der Waals surface area contributed by atoms with Crippen LogP contribution in [0.2, 0.25) is 0 Å². The lowest BCUT2D eigenvalue weighted by atomic mass is 10.3. The summed E-state index contributed by atoms with van der Waals surface area (Å²) in [5.41, 5.74) is 5.71. The van der Waals surface area contributed by atoms with Gasteiger partial charge in [-0.3, -0.25) is 0 Å². The number of rotatable bonds is 3. The second kappa shape index (κ2) is 5.18. The van der Waals surface area contributed by atoms with Crippen molar-refractivity contribution in [3.05, 3.63) is 6.07 Å². The van der Waals surface area contributed by atoms with E-state index in [4.69, 9.17) is 10.5 Å². The Balaban J connectivity index is 2.18. The van der Waals surface area contributed by atoms with E-state index < -0.39 is 0 Å². The quantitative estimate of drug-likeness (QED) is 0.806. The molecule has 6 nitrogen and oxygen atoms in total. The number of aromatic nitrogens is 2. The Labute approximate surface area is 101 Å². The SMILES string of the molecule is CCNc1cc(N2CCOC(C)C2)nc(N)n1. The first kappa shape index (κ1) is 11.9. The van der Waals surface area contributed by atoms with Gasteiger partial charge in [0.2, 0.25) is 5.95 Å². The lowest BCUT2D eigenvalue weighted by Gasteiger charge is -2.32. The molecule has 1 aliphatic heterocycles. The van der Waals surface area contributed by atoms with E-state index in [0.29, 0.717) is 5.95 Å². The molecule has 1 fully saturated rings. The molecule has 1 saturated heterocycles. The molecule has 1 atom stereocenters. The topological polar surface area (TPSA) is 76.3 Å². The summed E-state index contributed by atoms with van der Waals surface area (Å²) in [6.45, 7) is 7.29. The fourth-order valence-corrected chi connectivity index (χ4v) is 1.91. The second-order valence-corrected chi connectivity index (χ2v) is 4.13. The van der Waals surface area contributed by atoms with Crippen molar-refractivity contribution in [2.45, 2.75) is 20.0 Å². The van der Waals surface area contributed by atoms with E-state index in [1.807, 2.05) is 13.0 Å². The molecule has 6 heteroatoms. The van der Waals surface area contributed by atoms with Gasteiger partial charge < -0.3 is 20.7 Å². The highest BCUT2D eigenvalue weighted by molar-refractivity contribution is 5.52. The smallest absolute Gasteiger partial charge is 0.223 e. The minimum Gasteiger partial charge on any atom is -0.375 e. The zero-order chi connectivity index (χ0) is 12.3. The van der Waals surface area contributed by atoms with Gasteiger partial charge in [-0.05, 0) is 13.8 Å². The molecule has 0 amide bonds. The van der Waals surface area contributed by atoms with E-state index in [-0.39, 0.29) is 6.10 Å². The van der Waals surface area contributed by atoms with Crippen LogP contribution in [-0.4, -0.2) is 42.3 Å². The summed E-state index contributed by atoms with van der Waals surface area (Å²) in [6.07, 6.45) is 0.225. The van der Waals surface area contributed by atoms with E-state index in [9.17, 15) is 0 Å². The third-order valence-corrected chi connectivity index (χ3v) is 2.65. The van der Waals surface area contributed by atoms with Gasteiger partial charge in [-0.2, -0.15) is 9.97 Å². The largest absolute Gasteiger partial charge is 0.375 e. The summed E-state index contributed by atoms with van der Waals surface area (Å²) in [4.78, 5) is 10.6. The molecule has 1 aliphatic rings. The summed E-state index contributed by atoms with van der Waals surface area (Å²) >= 11 is 0. The highest BCUT2D eigenvalue weighted by atomic mass is 16.5. The average Bonchev–Trinajstić information content (AvgIpc) is 2.28. The molecule has 1 aromatic rings. The Hall–Kier alpha value is -1.56. The van der Waals surface area contributed by atoms with Gasteiger partial charge in [0, 0.05) is 25.7 Å². The van der Waals surface area contributed by atoms with Crippen molar-refractivity contribution >= 4 is 17.6 Å². The third kappa shape index (κ3) is 2.97. The molecule has 0 radical (unpaired) electrons. The van der Waals surface area contributed by atoms with Crippen LogP contribution in [-0.2, 0) is 4.74 Å². The van der Waals surface area contributed by atoms with Crippen LogP contribution in [0.4, 0.5) is 17.6 Å². The molecular weight excluding hydrogens is 218 g/mol. The molecule has 0 saturated carbocycles. The minimum absolute atomic E-state index is 0.225.